The molecule has 1 aromatic carbocycles. The van der Waals surface area contributed by atoms with E-state index in [9.17, 15) is 4.79 Å². The third kappa shape index (κ3) is 5.42. The maximum absolute atomic E-state index is 12.7. The molecule has 3 heteroatoms. The Bertz CT molecular complexity index is 519. The first-order chi connectivity index (χ1) is 11.3. The van der Waals surface area contributed by atoms with Gasteiger partial charge in [0.05, 0.1) is 13.2 Å². The molecule has 0 radical (unpaired) electrons. The summed E-state index contributed by atoms with van der Waals surface area (Å²) in [6.07, 6.45) is 1.28. The van der Waals surface area contributed by atoms with Crippen molar-refractivity contribution in [3.8, 4) is 0 Å². The molecule has 24 heavy (non-hydrogen) atoms. The van der Waals surface area contributed by atoms with Gasteiger partial charge in [0.2, 0.25) is 0 Å². The summed E-state index contributed by atoms with van der Waals surface area (Å²) < 4.78 is 11.4. The summed E-state index contributed by atoms with van der Waals surface area (Å²) in [7, 11) is 0. The average molecular weight is 332 g/mol. The Morgan fingerprint density at radius 3 is 2.42 bits per heavy atom. The fourth-order valence-corrected chi connectivity index (χ4v) is 3.01. The number of benzene rings is 1. The Balaban J connectivity index is 1.97. The third-order valence-electron chi connectivity index (χ3n) is 4.61. The SMILES string of the molecule is CC(C)CC(OCc1ccc(C(C)(C)C)cc1)C(=O)C1CCOC1. The monoisotopic (exact) mass is 332 g/mol. The number of Topliss-reactive ketones (excluding diaryl/α,β-unsaturated/α-hetero) is 1. The van der Waals surface area contributed by atoms with Gasteiger partial charge in [0.25, 0.3) is 0 Å². The Hall–Kier alpha value is -1.19. The molecule has 0 spiro atoms. The fourth-order valence-electron chi connectivity index (χ4n) is 3.01. The molecule has 0 saturated carbocycles. The van der Waals surface area contributed by atoms with Crippen LogP contribution in [0.25, 0.3) is 0 Å². The molecule has 0 aliphatic carbocycles. The van der Waals surface area contributed by atoms with Gasteiger partial charge < -0.3 is 9.47 Å². The minimum Gasteiger partial charge on any atom is -0.381 e. The number of ketones is 1. The van der Waals surface area contributed by atoms with Crippen LogP contribution in [0.2, 0.25) is 0 Å². The molecular weight excluding hydrogens is 300 g/mol. The molecule has 2 atom stereocenters. The van der Waals surface area contributed by atoms with Crippen LogP contribution in [0.1, 0.15) is 58.6 Å². The van der Waals surface area contributed by atoms with Gasteiger partial charge in [-0.15, -0.1) is 0 Å². The van der Waals surface area contributed by atoms with Crippen molar-refractivity contribution in [1.29, 1.82) is 0 Å². The summed E-state index contributed by atoms with van der Waals surface area (Å²) in [5, 5.41) is 0. The minimum atomic E-state index is -0.320. The van der Waals surface area contributed by atoms with E-state index in [4.69, 9.17) is 9.47 Å². The molecule has 1 saturated heterocycles. The number of rotatable bonds is 7. The number of carbonyl (C=O) groups excluding carboxylic acids is 1. The Kier molecular flexibility index (Phi) is 6.59. The quantitative estimate of drug-likeness (QED) is 0.736. The molecule has 1 fully saturated rings. The lowest BCUT2D eigenvalue weighted by atomic mass is 9.87. The second-order valence-electron chi connectivity index (χ2n) is 8.34. The maximum atomic E-state index is 12.7. The number of hydrogen-bond acceptors (Lipinski definition) is 3. The maximum Gasteiger partial charge on any atom is 0.167 e. The molecule has 1 aliphatic rings. The topological polar surface area (TPSA) is 35.5 Å². The van der Waals surface area contributed by atoms with Crippen LogP contribution in [0.4, 0.5) is 0 Å². The molecule has 1 aliphatic heterocycles. The van der Waals surface area contributed by atoms with E-state index in [0.717, 1.165) is 18.4 Å². The molecule has 2 unspecified atom stereocenters. The molecule has 1 aromatic rings. The zero-order valence-electron chi connectivity index (χ0n) is 15.8. The van der Waals surface area contributed by atoms with Crippen LogP contribution in [0.5, 0.6) is 0 Å². The van der Waals surface area contributed by atoms with Crippen LogP contribution in [0.15, 0.2) is 24.3 Å². The molecule has 2 rings (SSSR count). The van der Waals surface area contributed by atoms with Crippen LogP contribution < -0.4 is 0 Å². The third-order valence-corrected chi connectivity index (χ3v) is 4.61. The molecule has 1 heterocycles. The van der Waals surface area contributed by atoms with E-state index in [0.29, 0.717) is 25.7 Å². The second kappa shape index (κ2) is 8.26. The molecule has 134 valence electrons. The van der Waals surface area contributed by atoms with Gasteiger partial charge in [0.1, 0.15) is 6.10 Å². The lowest BCUT2D eigenvalue weighted by Crippen LogP contribution is -2.32. The van der Waals surface area contributed by atoms with Gasteiger partial charge in [-0.2, -0.15) is 0 Å². The summed E-state index contributed by atoms with van der Waals surface area (Å²) in [5.74, 6) is 0.661. The summed E-state index contributed by atoms with van der Waals surface area (Å²) >= 11 is 0. The van der Waals surface area contributed by atoms with Crippen molar-refractivity contribution in [2.24, 2.45) is 11.8 Å². The highest BCUT2D eigenvalue weighted by atomic mass is 16.5. The Labute approximate surface area is 146 Å². The second-order valence-corrected chi connectivity index (χ2v) is 8.34. The Morgan fingerprint density at radius 2 is 1.92 bits per heavy atom. The van der Waals surface area contributed by atoms with Gasteiger partial charge in [-0.3, -0.25) is 4.79 Å². The molecule has 3 nitrogen and oxygen atoms in total. The summed E-state index contributed by atoms with van der Waals surface area (Å²) in [5.41, 5.74) is 2.58. The van der Waals surface area contributed by atoms with Crippen LogP contribution in [-0.2, 0) is 26.3 Å². The van der Waals surface area contributed by atoms with E-state index in [-0.39, 0.29) is 23.2 Å². The van der Waals surface area contributed by atoms with Crippen molar-refractivity contribution in [2.45, 2.75) is 65.6 Å². The predicted molar refractivity (Wildman–Crippen MR) is 97.1 cm³/mol. The molecule has 0 bridgehead atoms. The normalized spacial score (nSPS) is 19.7. The van der Waals surface area contributed by atoms with Crippen molar-refractivity contribution >= 4 is 5.78 Å². The summed E-state index contributed by atoms with van der Waals surface area (Å²) in [6, 6.07) is 8.53. The average Bonchev–Trinajstić information content (AvgIpc) is 3.04. The van der Waals surface area contributed by atoms with E-state index < -0.39 is 0 Å². The summed E-state index contributed by atoms with van der Waals surface area (Å²) in [4.78, 5) is 12.7. The highest BCUT2D eigenvalue weighted by Crippen LogP contribution is 2.24. The van der Waals surface area contributed by atoms with Crippen molar-refractivity contribution in [1.82, 2.24) is 0 Å². The lowest BCUT2D eigenvalue weighted by Gasteiger charge is -2.22. The van der Waals surface area contributed by atoms with Crippen LogP contribution >= 0.6 is 0 Å². The van der Waals surface area contributed by atoms with Crippen molar-refractivity contribution < 1.29 is 14.3 Å². The number of hydrogen-bond donors (Lipinski definition) is 0. The first-order valence-corrected chi connectivity index (χ1v) is 9.10. The van der Waals surface area contributed by atoms with Crippen molar-refractivity contribution in [3.05, 3.63) is 35.4 Å². The van der Waals surface area contributed by atoms with Gasteiger partial charge in [-0.25, -0.2) is 0 Å². The van der Waals surface area contributed by atoms with Gasteiger partial charge in [0.15, 0.2) is 5.78 Å². The molecular formula is C21H32O3. The predicted octanol–water partition coefficient (Wildman–Crippen LogP) is 4.52. The van der Waals surface area contributed by atoms with E-state index in [2.05, 4.69) is 58.9 Å². The fraction of sp³-hybridized carbons (Fsp3) is 0.667. The van der Waals surface area contributed by atoms with Crippen LogP contribution in [-0.4, -0.2) is 25.1 Å². The first kappa shape index (κ1) is 19.1. The molecule has 0 amide bonds. The Morgan fingerprint density at radius 1 is 1.25 bits per heavy atom. The van der Waals surface area contributed by atoms with E-state index in [1.54, 1.807) is 0 Å². The smallest absolute Gasteiger partial charge is 0.167 e. The first-order valence-electron chi connectivity index (χ1n) is 9.10. The van der Waals surface area contributed by atoms with Crippen LogP contribution in [0.3, 0.4) is 0 Å². The summed E-state index contributed by atoms with van der Waals surface area (Å²) in [6.45, 7) is 12.6. The largest absolute Gasteiger partial charge is 0.381 e. The van der Waals surface area contributed by atoms with E-state index in [1.807, 2.05) is 0 Å². The van der Waals surface area contributed by atoms with E-state index >= 15 is 0 Å². The highest BCUT2D eigenvalue weighted by molar-refractivity contribution is 5.85. The zero-order chi connectivity index (χ0) is 17.7. The van der Waals surface area contributed by atoms with Gasteiger partial charge >= 0.3 is 0 Å². The number of carbonyl (C=O) groups is 1. The highest BCUT2D eigenvalue weighted by Gasteiger charge is 2.31. The zero-order valence-corrected chi connectivity index (χ0v) is 15.8. The number of ether oxygens (including phenoxy) is 2. The molecule has 0 aromatic heterocycles. The van der Waals surface area contributed by atoms with Gasteiger partial charge in [0, 0.05) is 12.5 Å². The lowest BCUT2D eigenvalue weighted by molar-refractivity contribution is -0.136. The van der Waals surface area contributed by atoms with Crippen molar-refractivity contribution in [3.63, 3.8) is 0 Å². The van der Waals surface area contributed by atoms with Crippen molar-refractivity contribution in [2.75, 3.05) is 13.2 Å². The van der Waals surface area contributed by atoms with E-state index in [1.165, 1.54) is 5.56 Å². The van der Waals surface area contributed by atoms with Gasteiger partial charge in [-0.1, -0.05) is 58.9 Å². The minimum absolute atomic E-state index is 0.0111. The molecule has 0 N–H and O–H groups in total. The standard InChI is InChI=1S/C21H32O3/c1-15(2)12-19(20(22)17-10-11-23-14-17)24-13-16-6-8-18(9-7-16)21(3,4)5/h6-9,15,17,19H,10-14H2,1-5H3. The van der Waals surface area contributed by atoms with Gasteiger partial charge in [-0.05, 0) is 35.3 Å². The van der Waals surface area contributed by atoms with Crippen LogP contribution in [0, 0.1) is 11.8 Å².